The molecular weight excluding hydrogens is 456 g/mol. The zero-order valence-corrected chi connectivity index (χ0v) is 25.5. The van der Waals surface area contributed by atoms with E-state index in [-0.39, 0.29) is 17.1 Å². The maximum absolute atomic E-state index is 12.0. The van der Waals surface area contributed by atoms with Crippen LogP contribution in [0.2, 0.25) is 0 Å². The van der Waals surface area contributed by atoms with Crippen LogP contribution in [0.25, 0.3) is 0 Å². The van der Waals surface area contributed by atoms with Gasteiger partial charge in [-0.25, -0.2) is 0 Å². The molecule has 2 spiro atoms. The van der Waals surface area contributed by atoms with Crippen molar-refractivity contribution in [3.05, 3.63) is 11.6 Å². The van der Waals surface area contributed by atoms with Gasteiger partial charge in [0.2, 0.25) is 0 Å². The summed E-state index contributed by atoms with van der Waals surface area (Å²) in [6.07, 6.45) is 15.2. The molecule has 5 saturated carbocycles. The van der Waals surface area contributed by atoms with E-state index in [2.05, 4.69) is 68.4 Å². The number of rotatable bonds is 3. The van der Waals surface area contributed by atoms with E-state index >= 15 is 0 Å². The van der Waals surface area contributed by atoms with Gasteiger partial charge in [0.15, 0.2) is 0 Å². The predicted molar refractivity (Wildman–Crippen MR) is 150 cm³/mol. The highest BCUT2D eigenvalue weighted by molar-refractivity contribution is 5.29. The largest absolute Gasteiger partial charge is 0.390 e. The van der Waals surface area contributed by atoms with Crippen LogP contribution in [0.3, 0.4) is 0 Å². The van der Waals surface area contributed by atoms with Crippen LogP contribution in [0, 0.1) is 45.3 Å². The lowest BCUT2D eigenvalue weighted by Gasteiger charge is -2.71. The molecule has 11 atom stereocenters. The number of fused-ring (bicyclic) bond motifs is 4. The minimum atomic E-state index is -0.639. The summed E-state index contributed by atoms with van der Waals surface area (Å²) in [7, 11) is 0. The lowest BCUT2D eigenvalue weighted by molar-refractivity contribution is -0.254. The third-order valence-electron chi connectivity index (χ3n) is 13.8. The van der Waals surface area contributed by atoms with Gasteiger partial charge >= 0.3 is 0 Å². The number of allylic oxidation sites excluding steroid dienone is 1. The van der Waals surface area contributed by atoms with Crippen molar-refractivity contribution in [2.24, 2.45) is 45.3 Å². The van der Waals surface area contributed by atoms with Gasteiger partial charge in [0.1, 0.15) is 0 Å². The molecule has 0 aromatic heterocycles. The van der Waals surface area contributed by atoms with Crippen molar-refractivity contribution in [2.45, 2.75) is 156 Å². The molecule has 5 aliphatic carbocycles. The van der Waals surface area contributed by atoms with Crippen molar-refractivity contribution in [3.63, 3.8) is 0 Å². The molecule has 6 rings (SSSR count). The summed E-state index contributed by atoms with van der Waals surface area (Å²) in [5.74, 6) is 2.40. The van der Waals surface area contributed by atoms with Crippen molar-refractivity contribution >= 4 is 0 Å². The zero-order valence-electron chi connectivity index (χ0n) is 25.5. The molecule has 0 amide bonds. The topological polar surface area (TPSA) is 38.7 Å². The number of hydrogen-bond acceptors (Lipinski definition) is 3. The molecule has 9 unspecified atom stereocenters. The second-order valence-corrected chi connectivity index (χ2v) is 16.6. The highest BCUT2D eigenvalue weighted by Crippen LogP contribution is 2.82. The van der Waals surface area contributed by atoms with Crippen LogP contribution in [0.1, 0.15) is 127 Å². The summed E-state index contributed by atoms with van der Waals surface area (Å²) in [5, 5.41) is 12.0. The minimum absolute atomic E-state index is 0.0560. The zero-order chi connectivity index (χ0) is 26.8. The third-order valence-corrected chi connectivity index (χ3v) is 13.8. The molecule has 1 heterocycles. The fourth-order valence-electron chi connectivity index (χ4n) is 13.0. The fourth-order valence-corrected chi connectivity index (χ4v) is 13.0. The molecule has 6 aliphatic rings. The molecule has 1 N–H and O–H groups in total. The number of aliphatic hydroxyl groups is 1. The van der Waals surface area contributed by atoms with E-state index in [1.165, 1.54) is 56.9 Å². The van der Waals surface area contributed by atoms with Gasteiger partial charge < -0.3 is 14.6 Å². The minimum Gasteiger partial charge on any atom is -0.390 e. The second-order valence-electron chi connectivity index (χ2n) is 16.6. The van der Waals surface area contributed by atoms with Crippen LogP contribution in [-0.2, 0) is 9.47 Å². The first-order chi connectivity index (χ1) is 17.1. The van der Waals surface area contributed by atoms with Gasteiger partial charge in [-0.15, -0.1) is 0 Å². The van der Waals surface area contributed by atoms with Gasteiger partial charge in [-0.2, -0.15) is 0 Å². The molecule has 3 nitrogen and oxygen atoms in total. The molecule has 0 aromatic carbocycles. The fraction of sp³-hybridized carbons (Fsp3) is 0.941. The Morgan fingerprint density at radius 1 is 0.919 bits per heavy atom. The lowest BCUT2D eigenvalue weighted by Crippen LogP contribution is -2.66. The number of hydrogen-bond donors (Lipinski definition) is 1. The van der Waals surface area contributed by atoms with Gasteiger partial charge in [-0.1, -0.05) is 39.3 Å². The molecular formula is C34H56O3. The Labute approximate surface area is 227 Å². The maximum Gasteiger partial charge on any atom is 0.0793 e. The van der Waals surface area contributed by atoms with E-state index in [9.17, 15) is 5.11 Å². The highest BCUT2D eigenvalue weighted by Gasteiger charge is 2.79. The monoisotopic (exact) mass is 512 g/mol. The van der Waals surface area contributed by atoms with Crippen LogP contribution >= 0.6 is 0 Å². The van der Waals surface area contributed by atoms with E-state index in [1.54, 1.807) is 0 Å². The highest BCUT2D eigenvalue weighted by atomic mass is 16.5. The van der Waals surface area contributed by atoms with Gasteiger partial charge in [-0.3, -0.25) is 0 Å². The van der Waals surface area contributed by atoms with Crippen LogP contribution in [0.4, 0.5) is 0 Å². The van der Waals surface area contributed by atoms with Crippen molar-refractivity contribution in [2.75, 3.05) is 0 Å². The van der Waals surface area contributed by atoms with Crippen molar-refractivity contribution in [3.8, 4) is 0 Å². The summed E-state index contributed by atoms with van der Waals surface area (Å²) in [5.41, 5.74) is 1.81. The Morgan fingerprint density at radius 3 is 2.32 bits per heavy atom. The van der Waals surface area contributed by atoms with Gasteiger partial charge in [0.05, 0.1) is 29.5 Å². The van der Waals surface area contributed by atoms with E-state index in [0.29, 0.717) is 40.3 Å². The summed E-state index contributed by atoms with van der Waals surface area (Å²) < 4.78 is 13.7. The molecule has 3 heteroatoms. The summed E-state index contributed by atoms with van der Waals surface area (Å²) in [6.45, 7) is 21.4. The Hall–Kier alpha value is -0.380. The molecule has 1 saturated heterocycles. The van der Waals surface area contributed by atoms with E-state index < -0.39 is 5.60 Å². The third kappa shape index (κ3) is 3.41. The SMILES string of the molecule is CC(C)=CC1CC(C)(O)C2C3CCC4C(C)(CCC5C(C)(C)[C@@H](OC(C)C)CC[C@@]54C)C34CCC2(C4)O1. The molecule has 1 aliphatic heterocycles. The van der Waals surface area contributed by atoms with Crippen LogP contribution < -0.4 is 0 Å². The van der Waals surface area contributed by atoms with Crippen LogP contribution in [-0.4, -0.2) is 34.6 Å². The molecule has 0 aromatic rings. The molecule has 210 valence electrons. The van der Waals surface area contributed by atoms with Crippen molar-refractivity contribution in [1.82, 2.24) is 0 Å². The van der Waals surface area contributed by atoms with E-state index in [4.69, 9.17) is 9.47 Å². The Balaban J connectivity index is 1.36. The lowest BCUT2D eigenvalue weighted by atomic mass is 9.34. The first-order valence-electron chi connectivity index (χ1n) is 15.8. The molecule has 37 heavy (non-hydrogen) atoms. The average molecular weight is 513 g/mol. The molecule has 0 radical (unpaired) electrons. The van der Waals surface area contributed by atoms with Crippen molar-refractivity contribution < 1.29 is 14.6 Å². The second kappa shape index (κ2) is 8.10. The normalized spacial score (nSPS) is 55.8. The Bertz CT molecular complexity index is 960. The van der Waals surface area contributed by atoms with Gasteiger partial charge in [-0.05, 0) is 132 Å². The van der Waals surface area contributed by atoms with E-state index in [0.717, 1.165) is 24.7 Å². The van der Waals surface area contributed by atoms with Crippen molar-refractivity contribution in [1.29, 1.82) is 0 Å². The smallest absolute Gasteiger partial charge is 0.0793 e. The van der Waals surface area contributed by atoms with Crippen LogP contribution in [0.5, 0.6) is 0 Å². The standard InChI is InChI=1S/C34H56O3/c1-21(2)18-23-19-32(9,35)28-24-10-11-26-30(7)14-13-27(36-22(3)4)29(5,6)25(30)12-15-31(26,8)33(24)16-17-34(28,20-33)37-23/h18,22-28,35H,10-17,19-20H2,1-9H3/t23?,24?,25?,26?,27-,28?,30-,31?,32?,33?,34?/m0/s1. The van der Waals surface area contributed by atoms with E-state index in [1.807, 2.05) is 0 Å². The summed E-state index contributed by atoms with van der Waals surface area (Å²) in [6, 6.07) is 0. The Morgan fingerprint density at radius 2 is 1.65 bits per heavy atom. The van der Waals surface area contributed by atoms with Gasteiger partial charge in [0, 0.05) is 12.3 Å². The summed E-state index contributed by atoms with van der Waals surface area (Å²) in [4.78, 5) is 0. The first-order valence-corrected chi connectivity index (χ1v) is 15.8. The maximum atomic E-state index is 12.0. The number of ether oxygens (including phenoxy) is 2. The van der Waals surface area contributed by atoms with Crippen LogP contribution in [0.15, 0.2) is 11.6 Å². The average Bonchev–Trinajstić information content (AvgIpc) is 3.27. The molecule has 2 bridgehead atoms. The predicted octanol–water partition coefficient (Wildman–Crippen LogP) is 8.09. The quantitative estimate of drug-likeness (QED) is 0.388. The molecule has 6 fully saturated rings. The van der Waals surface area contributed by atoms with Gasteiger partial charge in [0.25, 0.3) is 0 Å². The summed E-state index contributed by atoms with van der Waals surface area (Å²) >= 11 is 0. The Kier molecular flexibility index (Phi) is 5.87. The first kappa shape index (κ1) is 26.8.